The van der Waals surface area contributed by atoms with E-state index in [9.17, 15) is 9.59 Å². The van der Waals surface area contributed by atoms with Crippen molar-refractivity contribution in [3.63, 3.8) is 0 Å². The summed E-state index contributed by atoms with van der Waals surface area (Å²) in [5.74, 6) is 0.642. The van der Waals surface area contributed by atoms with Crippen molar-refractivity contribution in [2.75, 3.05) is 39.3 Å². The third kappa shape index (κ3) is 4.79. The number of piperazine rings is 1. The molecular formula is C15H27N3O3. The molecule has 3 amide bonds. The Morgan fingerprint density at radius 2 is 1.67 bits per heavy atom. The molecule has 0 radical (unpaired) electrons. The van der Waals surface area contributed by atoms with E-state index in [-0.39, 0.29) is 12.1 Å². The molecule has 0 bridgehead atoms. The highest BCUT2D eigenvalue weighted by Gasteiger charge is 2.25. The fourth-order valence-electron chi connectivity index (χ4n) is 3.04. The van der Waals surface area contributed by atoms with Crippen LogP contribution in [0.2, 0.25) is 0 Å². The Morgan fingerprint density at radius 1 is 1.05 bits per heavy atom. The number of nitrogens with zero attached hydrogens (tertiary/aromatic N) is 2. The van der Waals surface area contributed by atoms with E-state index in [1.807, 2.05) is 0 Å². The lowest BCUT2D eigenvalue weighted by molar-refractivity contribution is 0.0850. The Morgan fingerprint density at radius 3 is 2.29 bits per heavy atom. The number of amides is 3. The van der Waals surface area contributed by atoms with Gasteiger partial charge in [-0.25, -0.2) is 9.59 Å². The van der Waals surface area contributed by atoms with Gasteiger partial charge in [-0.3, -0.25) is 0 Å². The van der Waals surface area contributed by atoms with E-state index >= 15 is 0 Å². The van der Waals surface area contributed by atoms with Crippen molar-refractivity contribution in [2.45, 2.75) is 39.0 Å². The molecule has 0 aromatic heterocycles. The van der Waals surface area contributed by atoms with Crippen LogP contribution in [-0.4, -0.2) is 61.3 Å². The van der Waals surface area contributed by atoms with Crippen LogP contribution in [-0.2, 0) is 4.74 Å². The van der Waals surface area contributed by atoms with Crippen LogP contribution in [0.4, 0.5) is 9.59 Å². The van der Waals surface area contributed by atoms with E-state index in [1.165, 1.54) is 32.1 Å². The second-order valence-electron chi connectivity index (χ2n) is 5.86. The Labute approximate surface area is 126 Å². The first-order chi connectivity index (χ1) is 10.2. The normalized spacial score (nSPS) is 20.2. The summed E-state index contributed by atoms with van der Waals surface area (Å²) in [5.41, 5.74) is 0. The number of nitrogens with one attached hydrogen (secondary N) is 1. The molecule has 2 rings (SSSR count). The molecule has 1 heterocycles. The standard InChI is InChI=1S/C15H27N3O3/c1-2-21-15(20)18-10-8-17(9-11-18)14(19)16-12-13-6-4-3-5-7-13/h13H,2-12H2,1H3,(H,16,19). The summed E-state index contributed by atoms with van der Waals surface area (Å²) in [6, 6.07) is 0.00378. The minimum absolute atomic E-state index is 0.00378. The number of carbonyl (C=O) groups is 2. The molecule has 1 aliphatic carbocycles. The minimum Gasteiger partial charge on any atom is -0.450 e. The number of hydrogen-bond donors (Lipinski definition) is 1. The van der Waals surface area contributed by atoms with Crippen LogP contribution < -0.4 is 5.32 Å². The van der Waals surface area contributed by atoms with Crippen LogP contribution in [0.15, 0.2) is 0 Å². The van der Waals surface area contributed by atoms with Crippen molar-refractivity contribution < 1.29 is 14.3 Å². The van der Waals surface area contributed by atoms with Crippen LogP contribution in [0, 0.1) is 5.92 Å². The quantitative estimate of drug-likeness (QED) is 0.867. The number of hydrogen-bond acceptors (Lipinski definition) is 3. The first kappa shape index (κ1) is 15.9. The monoisotopic (exact) mass is 297 g/mol. The van der Waals surface area contributed by atoms with Crippen molar-refractivity contribution in [3.05, 3.63) is 0 Å². The van der Waals surface area contributed by atoms with Crippen molar-refractivity contribution in [2.24, 2.45) is 5.92 Å². The highest BCUT2D eigenvalue weighted by molar-refractivity contribution is 5.75. The zero-order valence-corrected chi connectivity index (χ0v) is 13.0. The summed E-state index contributed by atoms with van der Waals surface area (Å²) in [4.78, 5) is 27.2. The topological polar surface area (TPSA) is 61.9 Å². The second-order valence-corrected chi connectivity index (χ2v) is 5.86. The van der Waals surface area contributed by atoms with Gasteiger partial charge < -0.3 is 19.9 Å². The summed E-state index contributed by atoms with van der Waals surface area (Å²) in [5, 5.41) is 3.04. The average molecular weight is 297 g/mol. The molecule has 6 nitrogen and oxygen atoms in total. The molecule has 120 valence electrons. The lowest BCUT2D eigenvalue weighted by Gasteiger charge is -2.34. The predicted molar refractivity (Wildman–Crippen MR) is 80.1 cm³/mol. The largest absolute Gasteiger partial charge is 0.450 e. The molecule has 0 spiro atoms. The summed E-state index contributed by atoms with van der Waals surface area (Å²) in [7, 11) is 0. The van der Waals surface area contributed by atoms with Crippen LogP contribution in [0.3, 0.4) is 0 Å². The maximum Gasteiger partial charge on any atom is 0.409 e. The summed E-state index contributed by atoms with van der Waals surface area (Å²) in [6.07, 6.45) is 6.10. The van der Waals surface area contributed by atoms with Gasteiger partial charge in [0.1, 0.15) is 0 Å². The van der Waals surface area contributed by atoms with Crippen LogP contribution >= 0.6 is 0 Å². The molecule has 2 fully saturated rings. The molecule has 1 saturated heterocycles. The van der Waals surface area contributed by atoms with Gasteiger partial charge in [0, 0.05) is 32.7 Å². The van der Waals surface area contributed by atoms with E-state index < -0.39 is 0 Å². The lowest BCUT2D eigenvalue weighted by Crippen LogP contribution is -2.53. The maximum atomic E-state index is 12.1. The fraction of sp³-hybridized carbons (Fsp3) is 0.867. The van der Waals surface area contributed by atoms with E-state index in [0.717, 1.165) is 6.54 Å². The first-order valence-electron chi connectivity index (χ1n) is 8.15. The SMILES string of the molecule is CCOC(=O)N1CCN(C(=O)NCC2CCCCC2)CC1. The van der Waals surface area contributed by atoms with E-state index in [1.54, 1.807) is 16.7 Å². The van der Waals surface area contributed by atoms with Crippen LogP contribution in [0.25, 0.3) is 0 Å². The smallest absolute Gasteiger partial charge is 0.409 e. The highest BCUT2D eigenvalue weighted by atomic mass is 16.6. The first-order valence-corrected chi connectivity index (χ1v) is 8.15. The van der Waals surface area contributed by atoms with Gasteiger partial charge >= 0.3 is 12.1 Å². The summed E-state index contributed by atoms with van der Waals surface area (Å²) >= 11 is 0. The molecule has 6 heteroatoms. The number of ether oxygens (including phenoxy) is 1. The zero-order chi connectivity index (χ0) is 15.1. The molecule has 2 aliphatic rings. The molecule has 0 aromatic carbocycles. The second kappa shape index (κ2) is 8.10. The van der Waals surface area contributed by atoms with E-state index in [2.05, 4.69) is 5.32 Å². The molecular weight excluding hydrogens is 270 g/mol. The summed E-state index contributed by atoms with van der Waals surface area (Å²) in [6.45, 7) is 5.24. The van der Waals surface area contributed by atoms with Crippen LogP contribution in [0.1, 0.15) is 39.0 Å². The summed E-state index contributed by atoms with van der Waals surface area (Å²) < 4.78 is 4.97. The Bertz CT molecular complexity index is 348. The van der Waals surface area contributed by atoms with Gasteiger partial charge in [-0.1, -0.05) is 19.3 Å². The van der Waals surface area contributed by atoms with Crippen LogP contribution in [0.5, 0.6) is 0 Å². The highest BCUT2D eigenvalue weighted by Crippen LogP contribution is 2.22. The molecule has 1 saturated carbocycles. The van der Waals surface area contributed by atoms with Gasteiger partial charge in [0.2, 0.25) is 0 Å². The molecule has 0 unspecified atom stereocenters. The lowest BCUT2D eigenvalue weighted by atomic mass is 9.89. The van der Waals surface area contributed by atoms with Gasteiger partial charge in [0.05, 0.1) is 6.61 Å². The van der Waals surface area contributed by atoms with Gasteiger partial charge in [0.25, 0.3) is 0 Å². The third-order valence-corrected chi connectivity index (χ3v) is 4.36. The van der Waals surface area contributed by atoms with E-state index in [4.69, 9.17) is 4.74 Å². The Kier molecular flexibility index (Phi) is 6.14. The molecule has 0 atom stereocenters. The van der Waals surface area contributed by atoms with Crippen molar-refractivity contribution in [3.8, 4) is 0 Å². The Hall–Kier alpha value is -1.46. The Balaban J connectivity index is 1.66. The average Bonchev–Trinajstić information content (AvgIpc) is 2.54. The maximum absolute atomic E-state index is 12.1. The molecule has 0 aromatic rings. The van der Waals surface area contributed by atoms with Gasteiger partial charge in [-0.15, -0.1) is 0 Å². The minimum atomic E-state index is -0.278. The van der Waals surface area contributed by atoms with Crippen molar-refractivity contribution >= 4 is 12.1 Å². The number of rotatable bonds is 3. The third-order valence-electron chi connectivity index (χ3n) is 4.36. The molecule has 1 aliphatic heterocycles. The van der Waals surface area contributed by atoms with Gasteiger partial charge in [-0.2, -0.15) is 0 Å². The van der Waals surface area contributed by atoms with Crippen molar-refractivity contribution in [1.82, 2.24) is 15.1 Å². The fourth-order valence-corrected chi connectivity index (χ4v) is 3.04. The number of urea groups is 1. The van der Waals surface area contributed by atoms with E-state index in [0.29, 0.717) is 38.7 Å². The predicted octanol–water partition coefficient (Wildman–Crippen LogP) is 2.05. The molecule has 1 N–H and O–H groups in total. The van der Waals surface area contributed by atoms with Gasteiger partial charge in [0.15, 0.2) is 0 Å². The molecule has 21 heavy (non-hydrogen) atoms. The number of carbonyl (C=O) groups excluding carboxylic acids is 2. The van der Waals surface area contributed by atoms with Crippen molar-refractivity contribution in [1.29, 1.82) is 0 Å². The van der Waals surface area contributed by atoms with Gasteiger partial charge in [-0.05, 0) is 25.7 Å². The zero-order valence-electron chi connectivity index (χ0n) is 13.0.